The Bertz CT molecular complexity index is 565. The highest BCUT2D eigenvalue weighted by molar-refractivity contribution is 7.99. The molecular weight excluding hydrogens is 272 g/mol. The first-order valence-electron chi connectivity index (χ1n) is 6.80. The maximum atomic E-state index is 4.53. The largest absolute Gasteiger partial charge is 0.367 e. The highest BCUT2D eigenvalue weighted by Crippen LogP contribution is 2.24. The van der Waals surface area contributed by atoms with E-state index >= 15 is 0 Å². The van der Waals surface area contributed by atoms with Crippen LogP contribution in [-0.4, -0.2) is 44.0 Å². The Balaban J connectivity index is 2.23. The maximum Gasteiger partial charge on any atom is 0.226 e. The van der Waals surface area contributed by atoms with E-state index in [0.29, 0.717) is 11.6 Å². The molecule has 0 unspecified atom stereocenters. The smallest absolute Gasteiger partial charge is 0.226 e. The quantitative estimate of drug-likeness (QED) is 0.729. The Morgan fingerprint density at radius 2 is 2.10 bits per heavy atom. The number of H-pyrrole nitrogens is 1. The number of fused-ring (bicyclic) bond motifs is 1. The number of aromatic nitrogens is 4. The van der Waals surface area contributed by atoms with Crippen molar-refractivity contribution in [3.05, 3.63) is 6.33 Å². The first-order valence-corrected chi connectivity index (χ1v) is 8.02. The number of thioether (sulfide) groups is 1. The maximum absolute atomic E-state index is 4.53. The van der Waals surface area contributed by atoms with Gasteiger partial charge in [0.15, 0.2) is 11.5 Å². The molecule has 0 atom stereocenters. The van der Waals surface area contributed by atoms with Gasteiger partial charge in [-0.3, -0.25) is 0 Å². The van der Waals surface area contributed by atoms with E-state index in [2.05, 4.69) is 57.6 Å². The third-order valence-corrected chi connectivity index (χ3v) is 4.30. The van der Waals surface area contributed by atoms with Crippen molar-refractivity contribution >= 4 is 34.7 Å². The second-order valence-corrected chi connectivity index (χ2v) is 6.75. The molecular formula is C13H22N6S. The van der Waals surface area contributed by atoms with Crippen molar-refractivity contribution in [1.29, 1.82) is 0 Å². The van der Waals surface area contributed by atoms with Gasteiger partial charge in [-0.15, -0.1) is 0 Å². The normalized spacial score (nSPS) is 11.8. The molecule has 0 spiro atoms. The summed E-state index contributed by atoms with van der Waals surface area (Å²) in [6.07, 6.45) is 4.79. The van der Waals surface area contributed by atoms with E-state index in [4.69, 9.17) is 0 Å². The molecule has 2 rings (SSSR count). The van der Waals surface area contributed by atoms with E-state index in [9.17, 15) is 0 Å². The van der Waals surface area contributed by atoms with E-state index in [1.807, 2.05) is 11.8 Å². The molecule has 0 aromatic carbocycles. The van der Waals surface area contributed by atoms with Crippen LogP contribution < -0.4 is 10.6 Å². The Morgan fingerprint density at radius 1 is 1.30 bits per heavy atom. The van der Waals surface area contributed by atoms with Gasteiger partial charge in [0.25, 0.3) is 0 Å². The number of nitrogens with one attached hydrogen (secondary N) is 3. The van der Waals surface area contributed by atoms with E-state index in [0.717, 1.165) is 30.8 Å². The number of anilines is 2. The second kappa shape index (κ2) is 6.30. The molecule has 0 amide bonds. The van der Waals surface area contributed by atoms with Gasteiger partial charge in [0, 0.05) is 17.8 Å². The minimum Gasteiger partial charge on any atom is -0.367 e. The summed E-state index contributed by atoms with van der Waals surface area (Å²) in [5.41, 5.74) is 1.53. The zero-order chi connectivity index (χ0) is 14.6. The topological polar surface area (TPSA) is 78.5 Å². The lowest BCUT2D eigenvalue weighted by Gasteiger charge is -2.22. The molecule has 3 N–H and O–H groups in total. The first kappa shape index (κ1) is 14.9. The van der Waals surface area contributed by atoms with Gasteiger partial charge in [0.2, 0.25) is 5.95 Å². The third-order valence-electron chi connectivity index (χ3n) is 3.05. The van der Waals surface area contributed by atoms with Gasteiger partial charge >= 0.3 is 0 Å². The highest BCUT2D eigenvalue weighted by Gasteiger charge is 2.17. The Labute approximate surface area is 123 Å². The third kappa shape index (κ3) is 3.53. The van der Waals surface area contributed by atoms with Gasteiger partial charge < -0.3 is 15.6 Å². The molecule has 0 aliphatic rings. The zero-order valence-corrected chi connectivity index (χ0v) is 13.3. The fourth-order valence-corrected chi connectivity index (χ4v) is 1.86. The summed E-state index contributed by atoms with van der Waals surface area (Å²) in [5, 5.41) is 6.61. The summed E-state index contributed by atoms with van der Waals surface area (Å²) < 4.78 is 0.147. The van der Waals surface area contributed by atoms with Crippen molar-refractivity contribution in [1.82, 2.24) is 19.9 Å². The Morgan fingerprint density at radius 3 is 2.80 bits per heavy atom. The molecule has 2 aromatic rings. The monoisotopic (exact) mass is 294 g/mol. The number of imidazole rings is 1. The average molecular weight is 294 g/mol. The van der Waals surface area contributed by atoms with Gasteiger partial charge in [0.1, 0.15) is 5.52 Å². The fraction of sp³-hybridized carbons (Fsp3) is 0.615. The molecule has 20 heavy (non-hydrogen) atoms. The molecule has 0 aliphatic heterocycles. The molecule has 0 bridgehead atoms. The summed E-state index contributed by atoms with van der Waals surface area (Å²) in [4.78, 5) is 16.2. The van der Waals surface area contributed by atoms with E-state index in [-0.39, 0.29) is 4.75 Å². The highest BCUT2D eigenvalue weighted by atomic mass is 32.2. The first-order chi connectivity index (χ1) is 9.55. The molecule has 7 heteroatoms. The summed E-state index contributed by atoms with van der Waals surface area (Å²) in [7, 11) is 0. The predicted octanol–water partition coefficient (Wildman–Crippen LogP) is 2.73. The van der Waals surface area contributed by atoms with Gasteiger partial charge in [-0.1, -0.05) is 6.92 Å². The second-order valence-electron chi connectivity index (χ2n) is 5.24. The van der Waals surface area contributed by atoms with Crippen LogP contribution in [0, 0.1) is 0 Å². The van der Waals surface area contributed by atoms with E-state index in [1.54, 1.807) is 6.33 Å². The number of hydrogen-bond donors (Lipinski definition) is 3. The fourth-order valence-electron chi connectivity index (χ4n) is 1.65. The van der Waals surface area contributed by atoms with Crippen LogP contribution >= 0.6 is 11.8 Å². The van der Waals surface area contributed by atoms with Gasteiger partial charge in [0.05, 0.1) is 6.33 Å². The number of aromatic amines is 1. The van der Waals surface area contributed by atoms with Gasteiger partial charge in [-0.25, -0.2) is 4.98 Å². The van der Waals surface area contributed by atoms with Crippen LogP contribution in [0.3, 0.4) is 0 Å². The minimum atomic E-state index is 0.147. The van der Waals surface area contributed by atoms with Crippen LogP contribution in [-0.2, 0) is 0 Å². The number of rotatable bonds is 7. The molecule has 0 saturated heterocycles. The number of nitrogens with zero attached hydrogens (tertiary/aromatic N) is 3. The number of hydrogen-bond acceptors (Lipinski definition) is 6. The van der Waals surface area contributed by atoms with Crippen molar-refractivity contribution < 1.29 is 0 Å². The zero-order valence-electron chi connectivity index (χ0n) is 12.4. The summed E-state index contributed by atoms with van der Waals surface area (Å²) in [6, 6.07) is 0. The van der Waals surface area contributed by atoms with Crippen LogP contribution in [0.25, 0.3) is 11.2 Å². The summed E-state index contributed by atoms with van der Waals surface area (Å²) >= 11 is 1.82. The molecule has 0 fully saturated rings. The lowest BCUT2D eigenvalue weighted by molar-refractivity contribution is 0.750. The molecule has 110 valence electrons. The van der Waals surface area contributed by atoms with E-state index in [1.165, 1.54) is 0 Å². The van der Waals surface area contributed by atoms with Crippen molar-refractivity contribution in [2.75, 3.05) is 30.0 Å². The van der Waals surface area contributed by atoms with Crippen LogP contribution in [0.1, 0.15) is 27.2 Å². The molecule has 2 heterocycles. The average Bonchev–Trinajstić information content (AvgIpc) is 2.91. The Kier molecular flexibility index (Phi) is 4.69. The minimum absolute atomic E-state index is 0.147. The molecule has 2 aromatic heterocycles. The van der Waals surface area contributed by atoms with E-state index < -0.39 is 0 Å². The van der Waals surface area contributed by atoms with Crippen LogP contribution in [0.4, 0.5) is 11.8 Å². The van der Waals surface area contributed by atoms with Crippen LogP contribution in [0.5, 0.6) is 0 Å². The van der Waals surface area contributed by atoms with Crippen LogP contribution in [0.2, 0.25) is 0 Å². The molecule has 0 aliphatic carbocycles. The lowest BCUT2D eigenvalue weighted by Crippen LogP contribution is -2.26. The predicted molar refractivity (Wildman–Crippen MR) is 86.5 cm³/mol. The molecule has 0 radical (unpaired) electrons. The van der Waals surface area contributed by atoms with Crippen LogP contribution in [0.15, 0.2) is 6.33 Å². The SMILES string of the molecule is CCCNc1nc(NCC(C)(C)SC)c2[nH]cnc2n1. The molecule has 6 nitrogen and oxygen atoms in total. The standard InChI is InChI=1S/C13H22N6S/c1-5-6-14-12-18-10(15-7-13(2,3)20-4)9-11(19-12)17-8-16-9/h8H,5-7H2,1-4H3,(H3,14,15,16,17,18,19). The van der Waals surface area contributed by atoms with Crippen molar-refractivity contribution in [2.24, 2.45) is 0 Å². The van der Waals surface area contributed by atoms with Gasteiger partial charge in [-0.05, 0) is 26.5 Å². The van der Waals surface area contributed by atoms with Crippen molar-refractivity contribution in [3.8, 4) is 0 Å². The van der Waals surface area contributed by atoms with Crippen molar-refractivity contribution in [2.45, 2.75) is 31.9 Å². The van der Waals surface area contributed by atoms with Gasteiger partial charge in [-0.2, -0.15) is 21.7 Å². The molecule has 0 saturated carbocycles. The lowest BCUT2D eigenvalue weighted by atomic mass is 10.2. The summed E-state index contributed by atoms with van der Waals surface area (Å²) in [6.45, 7) is 8.19. The van der Waals surface area contributed by atoms with Crippen molar-refractivity contribution in [3.63, 3.8) is 0 Å². The Hall–Kier alpha value is -1.50. The summed E-state index contributed by atoms with van der Waals surface area (Å²) in [5.74, 6) is 1.42.